The molecule has 0 atom stereocenters. The Morgan fingerprint density at radius 1 is 1.05 bits per heavy atom. The van der Waals surface area contributed by atoms with Gasteiger partial charge < -0.3 is 11.1 Å². The predicted molar refractivity (Wildman–Crippen MR) is 86.8 cm³/mol. The molecule has 0 saturated carbocycles. The number of anilines is 3. The summed E-state index contributed by atoms with van der Waals surface area (Å²) in [4.78, 5) is 13.7. The second-order valence-electron chi connectivity index (χ2n) is 4.72. The van der Waals surface area contributed by atoms with E-state index in [1.165, 1.54) is 5.56 Å². The highest BCUT2D eigenvalue weighted by atomic mass is 32.1. The Labute approximate surface area is 126 Å². The number of aromatic nitrogens is 3. The third-order valence-electron chi connectivity index (χ3n) is 3.01. The van der Waals surface area contributed by atoms with Crippen LogP contribution in [0.15, 0.2) is 36.5 Å². The van der Waals surface area contributed by atoms with E-state index in [1.54, 1.807) is 17.5 Å². The molecule has 0 aliphatic heterocycles. The van der Waals surface area contributed by atoms with Crippen LogP contribution in [0.5, 0.6) is 0 Å². The molecule has 0 fully saturated rings. The van der Waals surface area contributed by atoms with E-state index in [4.69, 9.17) is 5.73 Å². The zero-order chi connectivity index (χ0) is 14.8. The standard InChI is InChI=1S/C15H15N5S/c1-9-3-5-11(6-4-9)19-15-18-10(2)13(21-15)12-7-8-17-14(16)20-12/h3-8H,1-2H3,(H,18,19)(H2,16,17,20). The van der Waals surface area contributed by atoms with Crippen LogP contribution in [0.2, 0.25) is 0 Å². The lowest BCUT2D eigenvalue weighted by Gasteiger charge is -2.02. The third-order valence-corrected chi connectivity index (χ3v) is 4.10. The molecule has 0 bridgehead atoms. The van der Waals surface area contributed by atoms with Gasteiger partial charge in [-0.15, -0.1) is 0 Å². The average molecular weight is 297 g/mol. The number of hydrogen-bond acceptors (Lipinski definition) is 6. The molecule has 106 valence electrons. The average Bonchev–Trinajstić information content (AvgIpc) is 2.82. The zero-order valence-corrected chi connectivity index (χ0v) is 12.6. The molecule has 3 rings (SSSR count). The summed E-state index contributed by atoms with van der Waals surface area (Å²) in [5.41, 5.74) is 9.61. The Morgan fingerprint density at radius 2 is 1.81 bits per heavy atom. The first kappa shape index (κ1) is 13.5. The Kier molecular flexibility index (Phi) is 3.53. The lowest BCUT2D eigenvalue weighted by Crippen LogP contribution is -1.94. The smallest absolute Gasteiger partial charge is 0.220 e. The number of hydrogen-bond donors (Lipinski definition) is 2. The van der Waals surface area contributed by atoms with Crippen molar-refractivity contribution in [2.75, 3.05) is 11.1 Å². The minimum absolute atomic E-state index is 0.272. The molecule has 2 heterocycles. The number of rotatable bonds is 3. The topological polar surface area (TPSA) is 76.7 Å². The molecule has 2 aromatic heterocycles. The molecule has 0 amide bonds. The van der Waals surface area contributed by atoms with Gasteiger partial charge >= 0.3 is 0 Å². The minimum Gasteiger partial charge on any atom is -0.368 e. The van der Waals surface area contributed by atoms with Gasteiger partial charge in [0.2, 0.25) is 5.95 Å². The van der Waals surface area contributed by atoms with Gasteiger partial charge in [0.15, 0.2) is 5.13 Å². The van der Waals surface area contributed by atoms with Gasteiger partial charge in [-0.05, 0) is 32.0 Å². The lowest BCUT2D eigenvalue weighted by molar-refractivity contribution is 1.18. The summed E-state index contributed by atoms with van der Waals surface area (Å²) in [6.07, 6.45) is 1.66. The molecule has 5 nitrogen and oxygen atoms in total. The zero-order valence-electron chi connectivity index (χ0n) is 11.8. The number of nitrogens with zero attached hydrogens (tertiary/aromatic N) is 3. The van der Waals surface area contributed by atoms with Crippen molar-refractivity contribution in [1.82, 2.24) is 15.0 Å². The molecule has 3 N–H and O–H groups in total. The summed E-state index contributed by atoms with van der Waals surface area (Å²) in [7, 11) is 0. The van der Waals surface area contributed by atoms with Crippen molar-refractivity contribution < 1.29 is 0 Å². The highest BCUT2D eigenvalue weighted by Crippen LogP contribution is 2.33. The molecule has 6 heteroatoms. The van der Waals surface area contributed by atoms with Crippen molar-refractivity contribution in [3.63, 3.8) is 0 Å². The minimum atomic E-state index is 0.272. The highest BCUT2D eigenvalue weighted by Gasteiger charge is 2.11. The fourth-order valence-corrected chi connectivity index (χ4v) is 2.90. The van der Waals surface area contributed by atoms with Gasteiger partial charge in [0.05, 0.1) is 16.3 Å². The summed E-state index contributed by atoms with van der Waals surface area (Å²) >= 11 is 1.55. The fraction of sp³-hybridized carbons (Fsp3) is 0.133. The SMILES string of the molecule is Cc1ccc(Nc2nc(C)c(-c3ccnc(N)n3)s2)cc1. The summed E-state index contributed by atoms with van der Waals surface area (Å²) in [6.45, 7) is 4.03. The summed E-state index contributed by atoms with van der Waals surface area (Å²) < 4.78 is 0. The third kappa shape index (κ3) is 3.00. The number of aryl methyl sites for hydroxylation is 2. The monoisotopic (exact) mass is 297 g/mol. The Morgan fingerprint density at radius 3 is 2.52 bits per heavy atom. The molecule has 0 spiro atoms. The van der Waals surface area contributed by atoms with Gasteiger partial charge in [0.1, 0.15) is 0 Å². The molecular weight excluding hydrogens is 282 g/mol. The van der Waals surface area contributed by atoms with Crippen LogP contribution >= 0.6 is 11.3 Å². The Balaban J connectivity index is 1.89. The van der Waals surface area contributed by atoms with Crippen LogP contribution < -0.4 is 11.1 Å². The van der Waals surface area contributed by atoms with E-state index < -0.39 is 0 Å². The van der Waals surface area contributed by atoms with E-state index in [2.05, 4.69) is 39.3 Å². The number of nitrogen functional groups attached to an aromatic ring is 1. The van der Waals surface area contributed by atoms with Crippen molar-refractivity contribution in [3.8, 4) is 10.6 Å². The van der Waals surface area contributed by atoms with Crippen LogP contribution in [0.4, 0.5) is 16.8 Å². The maximum atomic E-state index is 5.64. The van der Waals surface area contributed by atoms with E-state index in [0.717, 1.165) is 27.1 Å². The van der Waals surface area contributed by atoms with Gasteiger partial charge in [-0.3, -0.25) is 0 Å². The number of nitrogens with two attached hydrogens (primary N) is 1. The molecule has 3 aromatic rings. The Bertz CT molecular complexity index is 764. The first-order valence-corrected chi connectivity index (χ1v) is 7.33. The lowest BCUT2D eigenvalue weighted by atomic mass is 10.2. The molecular formula is C15H15N5S. The molecule has 21 heavy (non-hydrogen) atoms. The van der Waals surface area contributed by atoms with Gasteiger partial charge in [-0.2, -0.15) is 0 Å². The summed E-state index contributed by atoms with van der Waals surface area (Å²) in [5, 5.41) is 4.15. The van der Waals surface area contributed by atoms with Gasteiger partial charge in [-0.25, -0.2) is 15.0 Å². The Hall–Kier alpha value is -2.47. The maximum absolute atomic E-state index is 5.64. The van der Waals surface area contributed by atoms with Crippen molar-refractivity contribution >= 4 is 28.1 Å². The van der Waals surface area contributed by atoms with Crippen LogP contribution in [-0.2, 0) is 0 Å². The van der Waals surface area contributed by atoms with Crippen LogP contribution in [-0.4, -0.2) is 15.0 Å². The van der Waals surface area contributed by atoms with Crippen LogP contribution in [0.3, 0.4) is 0 Å². The van der Waals surface area contributed by atoms with Crippen LogP contribution in [0.25, 0.3) is 10.6 Å². The fourth-order valence-electron chi connectivity index (χ4n) is 1.95. The largest absolute Gasteiger partial charge is 0.368 e. The van der Waals surface area contributed by atoms with Crippen molar-refractivity contribution in [2.24, 2.45) is 0 Å². The molecule has 0 aliphatic rings. The predicted octanol–water partition coefficient (Wildman–Crippen LogP) is 3.54. The molecule has 0 radical (unpaired) electrons. The number of benzene rings is 1. The first-order chi connectivity index (χ1) is 10.1. The van der Waals surface area contributed by atoms with E-state index in [0.29, 0.717) is 0 Å². The second-order valence-corrected chi connectivity index (χ2v) is 5.72. The second kappa shape index (κ2) is 5.49. The van der Waals surface area contributed by atoms with Gasteiger partial charge in [-0.1, -0.05) is 29.0 Å². The van der Waals surface area contributed by atoms with E-state index in [1.807, 2.05) is 25.1 Å². The number of nitrogens with one attached hydrogen (secondary N) is 1. The van der Waals surface area contributed by atoms with Gasteiger partial charge in [0.25, 0.3) is 0 Å². The summed E-state index contributed by atoms with van der Waals surface area (Å²) in [5.74, 6) is 0.272. The van der Waals surface area contributed by atoms with Crippen molar-refractivity contribution in [1.29, 1.82) is 0 Å². The quantitative estimate of drug-likeness (QED) is 0.773. The molecule has 1 aromatic carbocycles. The van der Waals surface area contributed by atoms with Crippen molar-refractivity contribution in [3.05, 3.63) is 47.8 Å². The summed E-state index contributed by atoms with van der Waals surface area (Å²) in [6, 6.07) is 10.0. The van der Waals surface area contributed by atoms with Crippen LogP contribution in [0.1, 0.15) is 11.3 Å². The molecule has 0 aliphatic carbocycles. The van der Waals surface area contributed by atoms with E-state index in [-0.39, 0.29) is 5.95 Å². The van der Waals surface area contributed by atoms with E-state index in [9.17, 15) is 0 Å². The van der Waals surface area contributed by atoms with E-state index >= 15 is 0 Å². The molecule has 0 saturated heterocycles. The maximum Gasteiger partial charge on any atom is 0.220 e. The first-order valence-electron chi connectivity index (χ1n) is 6.52. The van der Waals surface area contributed by atoms with Crippen LogP contribution in [0, 0.1) is 13.8 Å². The number of thiazole rings is 1. The normalized spacial score (nSPS) is 10.6. The van der Waals surface area contributed by atoms with Crippen molar-refractivity contribution in [2.45, 2.75) is 13.8 Å². The highest BCUT2D eigenvalue weighted by molar-refractivity contribution is 7.19. The molecule has 0 unspecified atom stereocenters. The van der Waals surface area contributed by atoms with Gasteiger partial charge in [0, 0.05) is 11.9 Å².